The molecule has 0 saturated carbocycles. The molecule has 0 atom stereocenters. The van der Waals surface area contributed by atoms with E-state index in [9.17, 15) is 0 Å². The van der Waals surface area contributed by atoms with Gasteiger partial charge in [-0.05, 0) is 54.8 Å². The predicted octanol–water partition coefficient (Wildman–Crippen LogP) is 3.11. The van der Waals surface area contributed by atoms with Crippen LogP contribution in [0.2, 0.25) is 0 Å². The van der Waals surface area contributed by atoms with Crippen LogP contribution < -0.4 is 5.32 Å². The summed E-state index contributed by atoms with van der Waals surface area (Å²) in [7, 11) is 0. The van der Waals surface area contributed by atoms with Crippen LogP contribution in [-0.4, -0.2) is 33.9 Å². The zero-order valence-corrected chi connectivity index (χ0v) is 12.9. The quantitative estimate of drug-likeness (QED) is 0.794. The van der Waals surface area contributed by atoms with Crippen molar-refractivity contribution in [2.75, 3.05) is 18.5 Å². The summed E-state index contributed by atoms with van der Waals surface area (Å²) >= 11 is 3.41. The number of hydrogen-bond donors (Lipinski definition) is 1. The highest BCUT2D eigenvalue weighted by Gasteiger charge is 2.02. The highest BCUT2D eigenvalue weighted by Crippen LogP contribution is 2.12. The minimum atomic E-state index is 0.312. The van der Waals surface area contributed by atoms with Crippen molar-refractivity contribution in [1.29, 1.82) is 0 Å². The molecule has 0 saturated heterocycles. The molecule has 2 heterocycles. The van der Waals surface area contributed by atoms with Crippen molar-refractivity contribution >= 4 is 27.5 Å². The van der Waals surface area contributed by atoms with E-state index < -0.39 is 0 Å². The number of anilines is 1. The molecule has 0 aliphatic rings. The van der Waals surface area contributed by atoms with Crippen molar-refractivity contribution in [3.8, 4) is 0 Å². The number of pyridine rings is 1. The number of rotatable bonds is 7. The van der Waals surface area contributed by atoms with Gasteiger partial charge in [0, 0.05) is 23.8 Å². The van der Waals surface area contributed by atoms with Gasteiger partial charge in [0.1, 0.15) is 0 Å². The molecule has 2 rings (SSSR count). The lowest BCUT2D eigenvalue weighted by Crippen LogP contribution is -2.07. The van der Waals surface area contributed by atoms with E-state index in [1.54, 1.807) is 4.52 Å². The smallest absolute Gasteiger partial charge is 0.243 e. The third-order valence-electron chi connectivity index (χ3n) is 2.60. The molecule has 0 amide bonds. The van der Waals surface area contributed by atoms with Crippen LogP contribution in [0.4, 0.5) is 5.95 Å². The molecule has 2 aromatic rings. The van der Waals surface area contributed by atoms with Gasteiger partial charge in [-0.2, -0.15) is 4.98 Å². The van der Waals surface area contributed by atoms with Gasteiger partial charge < -0.3 is 10.1 Å². The van der Waals surface area contributed by atoms with E-state index in [0.29, 0.717) is 12.1 Å². The number of hydrogen-bond acceptors (Lipinski definition) is 4. The molecule has 0 aliphatic carbocycles. The molecular weight excluding hydrogens is 308 g/mol. The molecule has 5 nitrogen and oxygen atoms in total. The maximum absolute atomic E-state index is 5.49. The van der Waals surface area contributed by atoms with Crippen LogP contribution in [0.1, 0.15) is 26.7 Å². The number of unbranched alkanes of at least 4 members (excludes halogenated alkanes) is 1. The topological polar surface area (TPSA) is 51.5 Å². The summed E-state index contributed by atoms with van der Waals surface area (Å²) in [6.45, 7) is 5.78. The van der Waals surface area contributed by atoms with Gasteiger partial charge in [0.25, 0.3) is 0 Å². The molecule has 0 aromatic carbocycles. The zero-order valence-electron chi connectivity index (χ0n) is 11.3. The van der Waals surface area contributed by atoms with E-state index in [1.807, 2.05) is 18.3 Å². The predicted molar refractivity (Wildman–Crippen MR) is 79.5 cm³/mol. The second-order valence-corrected chi connectivity index (χ2v) is 5.55. The molecule has 2 aromatic heterocycles. The molecule has 6 heteroatoms. The Bertz CT molecular complexity index is 526. The van der Waals surface area contributed by atoms with Crippen LogP contribution in [-0.2, 0) is 4.74 Å². The first-order valence-corrected chi connectivity index (χ1v) is 7.32. The minimum absolute atomic E-state index is 0.312. The Balaban J connectivity index is 1.75. The van der Waals surface area contributed by atoms with Crippen molar-refractivity contribution in [3.05, 3.63) is 22.8 Å². The molecule has 0 bridgehead atoms. The highest BCUT2D eigenvalue weighted by atomic mass is 79.9. The Morgan fingerprint density at radius 3 is 3.00 bits per heavy atom. The van der Waals surface area contributed by atoms with E-state index >= 15 is 0 Å². The van der Waals surface area contributed by atoms with Gasteiger partial charge in [-0.3, -0.25) is 0 Å². The van der Waals surface area contributed by atoms with Gasteiger partial charge in [0.2, 0.25) is 5.95 Å². The second kappa shape index (κ2) is 6.86. The third-order valence-corrected chi connectivity index (χ3v) is 3.07. The van der Waals surface area contributed by atoms with Crippen LogP contribution in [0.25, 0.3) is 5.65 Å². The van der Waals surface area contributed by atoms with Crippen molar-refractivity contribution in [2.45, 2.75) is 32.8 Å². The van der Waals surface area contributed by atoms with Crippen LogP contribution in [0.15, 0.2) is 22.8 Å². The minimum Gasteiger partial charge on any atom is -0.379 e. The van der Waals surface area contributed by atoms with Crippen LogP contribution in [0, 0.1) is 0 Å². The number of halogens is 1. The molecule has 0 unspecified atom stereocenters. The summed E-state index contributed by atoms with van der Waals surface area (Å²) in [6, 6.07) is 3.88. The largest absolute Gasteiger partial charge is 0.379 e. The van der Waals surface area contributed by atoms with E-state index in [-0.39, 0.29) is 0 Å². The summed E-state index contributed by atoms with van der Waals surface area (Å²) < 4.78 is 8.23. The normalized spacial score (nSPS) is 11.4. The third kappa shape index (κ3) is 4.47. The van der Waals surface area contributed by atoms with Crippen LogP contribution >= 0.6 is 15.9 Å². The van der Waals surface area contributed by atoms with Gasteiger partial charge in [0.15, 0.2) is 5.65 Å². The number of ether oxygens (including phenoxy) is 1. The van der Waals surface area contributed by atoms with Crippen molar-refractivity contribution < 1.29 is 4.74 Å². The number of aromatic nitrogens is 3. The molecule has 0 aliphatic heterocycles. The summed E-state index contributed by atoms with van der Waals surface area (Å²) in [5.74, 6) is 0.669. The Labute approximate surface area is 121 Å². The first-order chi connectivity index (χ1) is 9.15. The van der Waals surface area contributed by atoms with Crippen LogP contribution in [0.3, 0.4) is 0 Å². The fourth-order valence-electron chi connectivity index (χ4n) is 1.68. The second-order valence-electron chi connectivity index (χ2n) is 4.64. The van der Waals surface area contributed by atoms with Gasteiger partial charge in [-0.1, -0.05) is 0 Å². The van der Waals surface area contributed by atoms with Gasteiger partial charge in [-0.25, -0.2) is 4.52 Å². The lowest BCUT2D eigenvalue weighted by molar-refractivity contribution is 0.0765. The summed E-state index contributed by atoms with van der Waals surface area (Å²) in [5, 5.41) is 7.58. The van der Waals surface area contributed by atoms with E-state index in [2.05, 4.69) is 45.2 Å². The average Bonchev–Trinajstić information content (AvgIpc) is 2.75. The molecule has 1 N–H and O–H groups in total. The average molecular weight is 327 g/mol. The first kappa shape index (κ1) is 14.3. The number of nitrogens with one attached hydrogen (secondary N) is 1. The summed E-state index contributed by atoms with van der Waals surface area (Å²) in [4.78, 5) is 4.39. The Hall–Kier alpha value is -1.14. The van der Waals surface area contributed by atoms with Gasteiger partial charge >= 0.3 is 0 Å². The molecular formula is C13H19BrN4O. The highest BCUT2D eigenvalue weighted by molar-refractivity contribution is 9.10. The maximum Gasteiger partial charge on any atom is 0.243 e. The summed E-state index contributed by atoms with van der Waals surface area (Å²) in [5.41, 5.74) is 0.842. The van der Waals surface area contributed by atoms with E-state index in [4.69, 9.17) is 4.74 Å². The molecule has 104 valence electrons. The van der Waals surface area contributed by atoms with Gasteiger partial charge in [0.05, 0.1) is 6.10 Å². The number of fused-ring (bicyclic) bond motifs is 1. The fraction of sp³-hybridized carbons (Fsp3) is 0.538. The SMILES string of the molecule is CC(C)OCCCCNc1nc2ccc(Br)cn2n1. The van der Waals surface area contributed by atoms with Gasteiger partial charge in [-0.15, -0.1) is 5.10 Å². The zero-order chi connectivity index (χ0) is 13.7. The van der Waals surface area contributed by atoms with E-state index in [1.165, 1.54) is 0 Å². The standard InChI is InChI=1S/C13H19BrN4O/c1-10(2)19-8-4-3-7-15-13-16-12-6-5-11(14)9-18(12)17-13/h5-6,9-10H,3-4,7-8H2,1-2H3,(H,15,17). The monoisotopic (exact) mass is 326 g/mol. The van der Waals surface area contributed by atoms with E-state index in [0.717, 1.165) is 36.1 Å². The molecule has 0 fully saturated rings. The summed E-state index contributed by atoms with van der Waals surface area (Å²) in [6.07, 6.45) is 4.30. The Morgan fingerprint density at radius 2 is 2.21 bits per heavy atom. The Morgan fingerprint density at radius 1 is 1.37 bits per heavy atom. The van der Waals surface area contributed by atoms with Crippen molar-refractivity contribution in [3.63, 3.8) is 0 Å². The molecule has 0 spiro atoms. The Kier molecular flexibility index (Phi) is 5.15. The molecule has 19 heavy (non-hydrogen) atoms. The van der Waals surface area contributed by atoms with Crippen molar-refractivity contribution in [2.24, 2.45) is 0 Å². The number of nitrogens with zero attached hydrogens (tertiary/aromatic N) is 3. The maximum atomic E-state index is 5.49. The van der Waals surface area contributed by atoms with Crippen molar-refractivity contribution in [1.82, 2.24) is 14.6 Å². The lowest BCUT2D eigenvalue weighted by atomic mass is 10.3. The van der Waals surface area contributed by atoms with Crippen LogP contribution in [0.5, 0.6) is 0 Å². The fourth-order valence-corrected chi connectivity index (χ4v) is 2.01. The first-order valence-electron chi connectivity index (χ1n) is 6.52. The molecule has 0 radical (unpaired) electrons. The lowest BCUT2D eigenvalue weighted by Gasteiger charge is -2.06.